The van der Waals surface area contributed by atoms with E-state index in [1.165, 1.54) is 18.0 Å². The highest BCUT2D eigenvalue weighted by Gasteiger charge is 2.14. The summed E-state index contributed by atoms with van der Waals surface area (Å²) in [5.41, 5.74) is 2.85. The Bertz CT molecular complexity index is 940. The molecule has 0 amide bonds. The summed E-state index contributed by atoms with van der Waals surface area (Å²) in [5, 5.41) is 10.4. The number of nitrogens with one attached hydrogen (secondary N) is 1. The van der Waals surface area contributed by atoms with Crippen molar-refractivity contribution in [2.75, 3.05) is 38.1 Å². The van der Waals surface area contributed by atoms with Gasteiger partial charge in [0.2, 0.25) is 0 Å². The number of rotatable bonds is 3. The van der Waals surface area contributed by atoms with Gasteiger partial charge in [0.25, 0.3) is 0 Å². The number of hydrogen-bond donors (Lipinski definition) is 2. The molecule has 1 fully saturated rings. The maximum absolute atomic E-state index is 14.1. The third-order valence-electron chi connectivity index (χ3n) is 4.85. The number of benzene rings is 2. The van der Waals surface area contributed by atoms with Crippen LogP contribution in [0.25, 0.3) is 10.9 Å². The molecule has 0 saturated carbocycles. The van der Waals surface area contributed by atoms with Crippen LogP contribution in [-0.2, 0) is 0 Å². The summed E-state index contributed by atoms with van der Waals surface area (Å²) >= 11 is 0. The molecule has 0 spiro atoms. The van der Waals surface area contributed by atoms with Gasteiger partial charge in [-0.15, -0.1) is 0 Å². The van der Waals surface area contributed by atoms with Gasteiger partial charge in [-0.1, -0.05) is 6.07 Å². The third kappa shape index (κ3) is 3.15. The zero-order valence-electron chi connectivity index (χ0n) is 14.6. The fourth-order valence-corrected chi connectivity index (χ4v) is 3.29. The van der Waals surface area contributed by atoms with E-state index in [2.05, 4.69) is 26.8 Å². The molecule has 1 aromatic heterocycles. The number of anilines is 1. The summed E-state index contributed by atoms with van der Waals surface area (Å²) in [7, 11) is 2.14. The molecule has 2 heterocycles. The Labute approximate surface area is 151 Å². The predicted octanol–water partition coefficient (Wildman–Crippen LogP) is 3.52. The van der Waals surface area contributed by atoms with E-state index in [0.717, 1.165) is 31.9 Å². The van der Waals surface area contributed by atoms with Crippen molar-refractivity contribution in [3.63, 3.8) is 0 Å². The molecule has 134 valence electrons. The number of piperazine rings is 1. The molecule has 6 heteroatoms. The van der Waals surface area contributed by atoms with Crippen LogP contribution in [0.2, 0.25) is 0 Å². The minimum atomic E-state index is -0.383. The van der Waals surface area contributed by atoms with E-state index < -0.39 is 0 Å². The normalized spacial score (nSPS) is 16.0. The summed E-state index contributed by atoms with van der Waals surface area (Å²) in [4.78, 5) is 11.9. The quantitative estimate of drug-likeness (QED) is 0.709. The molecule has 3 aromatic rings. The Balaban J connectivity index is 1.55. The second-order valence-electron chi connectivity index (χ2n) is 6.61. The molecule has 1 aliphatic rings. The molecule has 0 unspecified atom stereocenters. The minimum Gasteiger partial charge on any atom is -0.494 e. The molecule has 0 bridgehead atoms. The Morgan fingerprint density at radius 3 is 2.54 bits per heavy atom. The molecule has 0 atom stereocenters. The van der Waals surface area contributed by atoms with Crippen LogP contribution in [0.4, 0.5) is 15.8 Å². The molecule has 0 aliphatic carbocycles. The number of fused-ring (bicyclic) bond motifs is 1. The summed E-state index contributed by atoms with van der Waals surface area (Å²) < 4.78 is 14.1. The number of aromatic amines is 1. The number of hydrogen-bond acceptors (Lipinski definition) is 4. The molecule has 5 nitrogen and oxygen atoms in total. The van der Waals surface area contributed by atoms with E-state index in [-0.39, 0.29) is 11.7 Å². The zero-order valence-corrected chi connectivity index (χ0v) is 14.6. The molecular weight excluding hydrogens is 331 g/mol. The third-order valence-corrected chi connectivity index (χ3v) is 4.85. The molecular formula is C20H21FN4O. The highest BCUT2D eigenvalue weighted by molar-refractivity contribution is 6.02. The Morgan fingerprint density at radius 1 is 1.08 bits per heavy atom. The monoisotopic (exact) mass is 352 g/mol. The van der Waals surface area contributed by atoms with Gasteiger partial charge in [0.05, 0.1) is 16.8 Å². The van der Waals surface area contributed by atoms with E-state index in [9.17, 15) is 9.50 Å². The van der Waals surface area contributed by atoms with Crippen LogP contribution in [0.1, 0.15) is 5.56 Å². The number of H-pyrrole nitrogens is 1. The second kappa shape index (κ2) is 6.80. The van der Waals surface area contributed by atoms with E-state index in [0.29, 0.717) is 16.5 Å². The lowest BCUT2D eigenvalue weighted by molar-refractivity contribution is 0.313. The van der Waals surface area contributed by atoms with Crippen LogP contribution >= 0.6 is 0 Å². The standard InChI is InChI=1S/C20H21FN4O/c1-24-9-11-25(12-10-24)15-7-5-14(6-8-15)22-13-16-19-17(21)3-2-4-18(19)23-20(16)26/h2-8,13,23,26H,9-12H2,1H3. The van der Waals surface area contributed by atoms with Crippen molar-refractivity contribution >= 4 is 28.5 Å². The lowest BCUT2D eigenvalue weighted by Gasteiger charge is -2.34. The molecule has 26 heavy (non-hydrogen) atoms. The van der Waals surface area contributed by atoms with Gasteiger partial charge in [0.1, 0.15) is 5.82 Å². The summed E-state index contributed by atoms with van der Waals surface area (Å²) in [6.45, 7) is 4.15. The first kappa shape index (κ1) is 16.6. The molecule has 2 aromatic carbocycles. The SMILES string of the molecule is CN1CCN(c2ccc(N=Cc3c(O)[nH]c4cccc(F)c34)cc2)CC1. The van der Waals surface area contributed by atoms with Crippen LogP contribution in [0.15, 0.2) is 47.5 Å². The van der Waals surface area contributed by atoms with Gasteiger partial charge < -0.3 is 19.9 Å². The van der Waals surface area contributed by atoms with Gasteiger partial charge in [0.15, 0.2) is 5.88 Å². The van der Waals surface area contributed by atoms with Gasteiger partial charge in [-0.3, -0.25) is 4.99 Å². The largest absolute Gasteiger partial charge is 0.494 e. The number of halogens is 1. The van der Waals surface area contributed by atoms with Gasteiger partial charge in [-0.2, -0.15) is 0 Å². The van der Waals surface area contributed by atoms with Crippen molar-refractivity contribution in [1.29, 1.82) is 0 Å². The van der Waals surface area contributed by atoms with Crippen molar-refractivity contribution < 1.29 is 9.50 Å². The summed E-state index contributed by atoms with van der Waals surface area (Å²) in [6, 6.07) is 12.7. The lowest BCUT2D eigenvalue weighted by atomic mass is 10.1. The predicted molar refractivity (Wildman–Crippen MR) is 103 cm³/mol. The van der Waals surface area contributed by atoms with Gasteiger partial charge in [0, 0.05) is 43.5 Å². The average molecular weight is 352 g/mol. The van der Waals surface area contributed by atoms with Crippen molar-refractivity contribution in [3.05, 3.63) is 53.8 Å². The minimum absolute atomic E-state index is 0.0806. The van der Waals surface area contributed by atoms with E-state index in [1.807, 2.05) is 24.3 Å². The number of aliphatic imine (C=N–C) groups is 1. The van der Waals surface area contributed by atoms with Gasteiger partial charge in [-0.25, -0.2) is 4.39 Å². The number of aromatic nitrogens is 1. The van der Waals surface area contributed by atoms with Crippen LogP contribution in [0.5, 0.6) is 5.88 Å². The summed E-state index contributed by atoms with van der Waals surface area (Å²) in [6.07, 6.45) is 1.50. The molecule has 2 N–H and O–H groups in total. The number of likely N-dealkylation sites (N-methyl/N-ethyl adjacent to an activating group) is 1. The van der Waals surface area contributed by atoms with Crippen LogP contribution in [0.3, 0.4) is 0 Å². The first-order valence-electron chi connectivity index (χ1n) is 8.68. The number of nitrogens with zero attached hydrogens (tertiary/aromatic N) is 3. The van der Waals surface area contributed by atoms with Crippen molar-refractivity contribution in [3.8, 4) is 5.88 Å². The maximum Gasteiger partial charge on any atom is 0.198 e. The molecule has 0 radical (unpaired) electrons. The van der Waals surface area contributed by atoms with Crippen molar-refractivity contribution in [2.45, 2.75) is 0 Å². The maximum atomic E-state index is 14.1. The molecule has 4 rings (SSSR count). The van der Waals surface area contributed by atoms with Gasteiger partial charge in [-0.05, 0) is 43.4 Å². The van der Waals surface area contributed by atoms with Crippen molar-refractivity contribution in [2.24, 2.45) is 4.99 Å². The van der Waals surface area contributed by atoms with Crippen molar-refractivity contribution in [1.82, 2.24) is 9.88 Å². The Hall–Kier alpha value is -2.86. The van der Waals surface area contributed by atoms with Crippen LogP contribution < -0.4 is 4.90 Å². The van der Waals surface area contributed by atoms with E-state index >= 15 is 0 Å². The Morgan fingerprint density at radius 2 is 1.81 bits per heavy atom. The fourth-order valence-electron chi connectivity index (χ4n) is 3.29. The van der Waals surface area contributed by atoms with E-state index in [1.54, 1.807) is 12.1 Å². The topological polar surface area (TPSA) is 54.9 Å². The molecule has 1 saturated heterocycles. The highest BCUT2D eigenvalue weighted by Crippen LogP contribution is 2.28. The zero-order chi connectivity index (χ0) is 18.1. The molecule has 1 aliphatic heterocycles. The lowest BCUT2D eigenvalue weighted by Crippen LogP contribution is -2.44. The fraction of sp³-hybridized carbons (Fsp3) is 0.250. The first-order chi connectivity index (χ1) is 12.6. The van der Waals surface area contributed by atoms with Crippen LogP contribution in [0, 0.1) is 5.82 Å². The Kier molecular flexibility index (Phi) is 4.34. The number of aromatic hydroxyl groups is 1. The van der Waals surface area contributed by atoms with Gasteiger partial charge >= 0.3 is 0 Å². The first-order valence-corrected chi connectivity index (χ1v) is 8.68. The van der Waals surface area contributed by atoms with Crippen LogP contribution in [-0.4, -0.2) is 54.4 Å². The second-order valence-corrected chi connectivity index (χ2v) is 6.61. The smallest absolute Gasteiger partial charge is 0.198 e. The average Bonchev–Trinajstić information content (AvgIpc) is 2.98. The van der Waals surface area contributed by atoms with E-state index in [4.69, 9.17) is 0 Å². The highest BCUT2D eigenvalue weighted by atomic mass is 19.1. The summed E-state index contributed by atoms with van der Waals surface area (Å²) in [5.74, 6) is -0.464.